The molecule has 0 amide bonds. The van der Waals surface area contributed by atoms with Crippen molar-refractivity contribution in [2.45, 2.75) is 19.3 Å². The third-order valence-electron chi connectivity index (χ3n) is 13.2. The highest BCUT2D eigenvalue weighted by molar-refractivity contribution is 6.23. The summed E-state index contributed by atoms with van der Waals surface area (Å²) in [5, 5.41) is 12.7. The minimum atomic E-state index is -0.0791. The zero-order valence-electron chi connectivity index (χ0n) is 33.1. The predicted octanol–water partition coefficient (Wildman–Crippen LogP) is 16.4. The summed E-state index contributed by atoms with van der Waals surface area (Å²) in [5.74, 6) is 0. The SMILES string of the molecule is CC1(C)c2cc3ccccc3cc2-c2c(-c3ccc(-c4c5ccccc5c(-c5ccccc5-c5cc6ccccc6c6ccccc56)c5ccccc45)cc3)cccc21. The van der Waals surface area contributed by atoms with E-state index in [1.54, 1.807) is 0 Å². The smallest absolute Gasteiger partial charge is 0.0159 e. The van der Waals surface area contributed by atoms with E-state index in [1.165, 1.54) is 121 Å². The lowest BCUT2D eigenvalue weighted by atomic mass is 9.81. The number of fused-ring (bicyclic) bond motifs is 9. The molecule has 0 bridgehead atoms. The lowest BCUT2D eigenvalue weighted by molar-refractivity contribution is 0.661. The second-order valence-electron chi connectivity index (χ2n) is 16.8. The van der Waals surface area contributed by atoms with Gasteiger partial charge in [-0.15, -0.1) is 0 Å². The maximum Gasteiger partial charge on any atom is 0.0159 e. The second kappa shape index (κ2) is 12.9. The van der Waals surface area contributed by atoms with Crippen molar-refractivity contribution in [3.05, 3.63) is 217 Å². The summed E-state index contributed by atoms with van der Waals surface area (Å²) in [7, 11) is 0. The quantitative estimate of drug-likeness (QED) is 0.124. The molecule has 11 aromatic rings. The van der Waals surface area contributed by atoms with Crippen LogP contribution in [0.2, 0.25) is 0 Å². The molecule has 0 aliphatic heterocycles. The molecule has 0 aromatic heterocycles. The van der Waals surface area contributed by atoms with Crippen LogP contribution in [-0.2, 0) is 5.41 Å². The molecule has 0 unspecified atom stereocenters. The first-order valence-corrected chi connectivity index (χ1v) is 20.8. The summed E-state index contributed by atoms with van der Waals surface area (Å²) in [6.07, 6.45) is 0. The highest BCUT2D eigenvalue weighted by Gasteiger charge is 2.37. The van der Waals surface area contributed by atoms with Crippen LogP contribution in [0.4, 0.5) is 0 Å². The molecule has 1 aliphatic carbocycles. The fourth-order valence-electron chi connectivity index (χ4n) is 10.5. The summed E-state index contributed by atoms with van der Waals surface area (Å²) in [4.78, 5) is 0. The van der Waals surface area contributed by atoms with Gasteiger partial charge in [0.2, 0.25) is 0 Å². The molecule has 0 nitrogen and oxygen atoms in total. The van der Waals surface area contributed by atoms with Gasteiger partial charge in [0.1, 0.15) is 0 Å². The van der Waals surface area contributed by atoms with E-state index in [-0.39, 0.29) is 5.41 Å². The van der Waals surface area contributed by atoms with Gasteiger partial charge in [-0.25, -0.2) is 0 Å². The van der Waals surface area contributed by atoms with Crippen molar-refractivity contribution in [1.29, 1.82) is 0 Å². The average molecular weight is 749 g/mol. The number of hydrogen-bond donors (Lipinski definition) is 0. The maximum atomic E-state index is 2.42. The van der Waals surface area contributed by atoms with Crippen LogP contribution in [0.3, 0.4) is 0 Å². The molecule has 0 spiro atoms. The van der Waals surface area contributed by atoms with Crippen LogP contribution in [-0.4, -0.2) is 0 Å². The minimum absolute atomic E-state index is 0.0791. The van der Waals surface area contributed by atoms with Crippen LogP contribution in [0.5, 0.6) is 0 Å². The zero-order valence-corrected chi connectivity index (χ0v) is 33.1. The van der Waals surface area contributed by atoms with Gasteiger partial charge in [0, 0.05) is 5.41 Å². The van der Waals surface area contributed by atoms with Crippen molar-refractivity contribution in [2.24, 2.45) is 0 Å². The Bertz CT molecular complexity index is 3450. The van der Waals surface area contributed by atoms with Crippen molar-refractivity contribution >= 4 is 53.9 Å². The number of hydrogen-bond acceptors (Lipinski definition) is 0. The van der Waals surface area contributed by atoms with Gasteiger partial charge in [-0.1, -0.05) is 202 Å². The van der Waals surface area contributed by atoms with Crippen LogP contribution >= 0.6 is 0 Å². The molecule has 0 heteroatoms. The predicted molar refractivity (Wildman–Crippen MR) is 253 cm³/mol. The second-order valence-corrected chi connectivity index (χ2v) is 16.8. The lowest BCUT2D eigenvalue weighted by Crippen LogP contribution is -2.14. The molecule has 59 heavy (non-hydrogen) atoms. The van der Waals surface area contributed by atoms with Gasteiger partial charge in [0.25, 0.3) is 0 Å². The molecular weight excluding hydrogens is 709 g/mol. The van der Waals surface area contributed by atoms with Gasteiger partial charge in [-0.2, -0.15) is 0 Å². The lowest BCUT2D eigenvalue weighted by Gasteiger charge is -2.22. The molecule has 11 aromatic carbocycles. The molecule has 0 N–H and O–H groups in total. The van der Waals surface area contributed by atoms with Gasteiger partial charge < -0.3 is 0 Å². The van der Waals surface area contributed by atoms with Crippen LogP contribution in [0.25, 0.3) is 109 Å². The molecule has 0 saturated heterocycles. The Labute approximate surface area is 344 Å². The van der Waals surface area contributed by atoms with Gasteiger partial charge >= 0.3 is 0 Å². The van der Waals surface area contributed by atoms with Gasteiger partial charge in [0.15, 0.2) is 0 Å². The van der Waals surface area contributed by atoms with Crippen molar-refractivity contribution in [3.8, 4) is 55.6 Å². The van der Waals surface area contributed by atoms with E-state index >= 15 is 0 Å². The normalized spacial score (nSPS) is 13.1. The summed E-state index contributed by atoms with van der Waals surface area (Å²) in [6, 6.07) is 76.9. The average Bonchev–Trinajstić information content (AvgIpc) is 3.52. The summed E-state index contributed by atoms with van der Waals surface area (Å²) in [6.45, 7) is 4.75. The van der Waals surface area contributed by atoms with Crippen molar-refractivity contribution in [2.75, 3.05) is 0 Å². The Morgan fingerprint density at radius 3 is 1.41 bits per heavy atom. The fraction of sp³-hybridized carbons (Fsp3) is 0.0508. The number of rotatable bonds is 4. The van der Waals surface area contributed by atoms with Crippen LogP contribution in [0, 0.1) is 0 Å². The largest absolute Gasteiger partial charge is 0.0616 e. The summed E-state index contributed by atoms with van der Waals surface area (Å²) >= 11 is 0. The molecule has 276 valence electrons. The topological polar surface area (TPSA) is 0 Å². The zero-order chi connectivity index (χ0) is 39.2. The Hall–Kier alpha value is -7.28. The first kappa shape index (κ1) is 33.8. The maximum absolute atomic E-state index is 2.42. The minimum Gasteiger partial charge on any atom is -0.0616 e. The standard InChI is InChI=1S/C59H40/c1-59(2)54-29-15-28-43(58(54)53-34-39-16-3-4-17-40(39)36-55(53)59)37-30-32-38(33-31-37)56-48-24-11-13-26-50(48)57(51-27-14-12-25-49(51)56)47-23-10-9-22-46(47)52-35-41-18-5-6-19-42(41)44-20-7-8-21-45(44)52/h3-36H,1-2H3. The monoisotopic (exact) mass is 748 g/mol. The summed E-state index contributed by atoms with van der Waals surface area (Å²) < 4.78 is 0. The fourth-order valence-corrected chi connectivity index (χ4v) is 10.5. The van der Waals surface area contributed by atoms with E-state index in [1.807, 2.05) is 0 Å². The van der Waals surface area contributed by atoms with Crippen molar-refractivity contribution in [3.63, 3.8) is 0 Å². The molecule has 0 atom stereocenters. The molecular formula is C59H40. The molecule has 1 aliphatic rings. The Morgan fingerprint density at radius 2 is 0.729 bits per heavy atom. The molecule has 0 radical (unpaired) electrons. The highest BCUT2D eigenvalue weighted by atomic mass is 14.4. The molecule has 0 fully saturated rings. The first-order chi connectivity index (χ1) is 29.0. The van der Waals surface area contributed by atoms with E-state index in [2.05, 4.69) is 220 Å². The van der Waals surface area contributed by atoms with E-state index < -0.39 is 0 Å². The molecule has 12 rings (SSSR count). The third kappa shape index (κ3) is 5.03. The van der Waals surface area contributed by atoms with Crippen LogP contribution < -0.4 is 0 Å². The van der Waals surface area contributed by atoms with Crippen LogP contribution in [0.15, 0.2) is 206 Å². The van der Waals surface area contributed by atoms with Gasteiger partial charge in [-0.05, 0) is 139 Å². The highest BCUT2D eigenvalue weighted by Crippen LogP contribution is 2.54. The third-order valence-corrected chi connectivity index (χ3v) is 13.2. The van der Waals surface area contributed by atoms with Gasteiger partial charge in [0.05, 0.1) is 0 Å². The van der Waals surface area contributed by atoms with Crippen molar-refractivity contribution < 1.29 is 0 Å². The van der Waals surface area contributed by atoms with E-state index in [4.69, 9.17) is 0 Å². The van der Waals surface area contributed by atoms with Crippen molar-refractivity contribution in [1.82, 2.24) is 0 Å². The van der Waals surface area contributed by atoms with Gasteiger partial charge in [-0.3, -0.25) is 0 Å². The Kier molecular flexibility index (Phi) is 7.38. The van der Waals surface area contributed by atoms with E-state index in [0.717, 1.165) is 0 Å². The summed E-state index contributed by atoms with van der Waals surface area (Å²) in [5.41, 5.74) is 15.5. The Balaban J connectivity index is 1.05. The molecule has 0 heterocycles. The first-order valence-electron chi connectivity index (χ1n) is 20.8. The van der Waals surface area contributed by atoms with E-state index in [0.29, 0.717) is 0 Å². The van der Waals surface area contributed by atoms with Crippen LogP contribution in [0.1, 0.15) is 25.0 Å². The van der Waals surface area contributed by atoms with E-state index in [9.17, 15) is 0 Å². The number of benzene rings is 11. The molecule has 0 saturated carbocycles. The Morgan fingerprint density at radius 1 is 0.254 bits per heavy atom.